The normalized spacial score (nSPS) is 21.5. The maximum Gasteiger partial charge on any atom is 0.272 e. The number of rotatable bonds is 3. The number of fused-ring (bicyclic) bond motifs is 1. The standard InChI is InChI=1S/C13H16N4O3/c1-7-3-10-11(8(2)20-7)16-17-12(10)13(18)14-4-9-5-19-6-15-9/h5-8H,3-4H2,1-2H3,(H,14,18)(H,16,17)/t7-,8+/m1/s1. The fraction of sp³-hybridized carbons (Fsp3) is 0.462. The molecule has 7 heteroatoms. The van der Waals surface area contributed by atoms with E-state index in [9.17, 15) is 4.79 Å². The van der Waals surface area contributed by atoms with Gasteiger partial charge in [0.25, 0.3) is 5.91 Å². The Morgan fingerprint density at radius 2 is 2.40 bits per heavy atom. The van der Waals surface area contributed by atoms with E-state index < -0.39 is 0 Å². The maximum absolute atomic E-state index is 12.2. The Balaban J connectivity index is 1.75. The average molecular weight is 276 g/mol. The van der Waals surface area contributed by atoms with Crippen LogP contribution >= 0.6 is 0 Å². The van der Waals surface area contributed by atoms with Gasteiger partial charge < -0.3 is 14.5 Å². The van der Waals surface area contributed by atoms with Crippen LogP contribution in [0, 0.1) is 0 Å². The Morgan fingerprint density at radius 3 is 3.15 bits per heavy atom. The quantitative estimate of drug-likeness (QED) is 0.882. The van der Waals surface area contributed by atoms with Gasteiger partial charge in [0, 0.05) is 12.0 Å². The van der Waals surface area contributed by atoms with E-state index in [4.69, 9.17) is 9.15 Å². The van der Waals surface area contributed by atoms with Crippen molar-refractivity contribution in [2.75, 3.05) is 0 Å². The van der Waals surface area contributed by atoms with E-state index in [-0.39, 0.29) is 18.1 Å². The second-order valence-corrected chi connectivity index (χ2v) is 4.92. The van der Waals surface area contributed by atoms with Gasteiger partial charge in [-0.25, -0.2) is 4.98 Å². The highest BCUT2D eigenvalue weighted by molar-refractivity contribution is 5.94. The summed E-state index contributed by atoms with van der Waals surface area (Å²) in [7, 11) is 0. The summed E-state index contributed by atoms with van der Waals surface area (Å²) in [5.74, 6) is -0.216. The highest BCUT2D eigenvalue weighted by Crippen LogP contribution is 2.29. The zero-order valence-corrected chi connectivity index (χ0v) is 11.3. The fourth-order valence-electron chi connectivity index (χ4n) is 2.44. The zero-order valence-electron chi connectivity index (χ0n) is 11.3. The first-order chi connectivity index (χ1) is 9.65. The summed E-state index contributed by atoms with van der Waals surface area (Å²) < 4.78 is 10.6. The highest BCUT2D eigenvalue weighted by atomic mass is 16.5. The van der Waals surface area contributed by atoms with Crippen molar-refractivity contribution in [3.63, 3.8) is 0 Å². The minimum atomic E-state index is -0.216. The van der Waals surface area contributed by atoms with E-state index in [0.717, 1.165) is 11.3 Å². The molecule has 106 valence electrons. The van der Waals surface area contributed by atoms with Crippen LogP contribution in [0.3, 0.4) is 0 Å². The molecule has 3 heterocycles. The molecule has 2 aromatic rings. The third kappa shape index (κ3) is 2.32. The Labute approximate surface area is 115 Å². The Hall–Kier alpha value is -2.15. The summed E-state index contributed by atoms with van der Waals surface area (Å²) in [6.45, 7) is 4.26. The van der Waals surface area contributed by atoms with Crippen molar-refractivity contribution >= 4 is 5.91 Å². The molecule has 3 rings (SSSR count). The van der Waals surface area contributed by atoms with Crippen LogP contribution in [-0.2, 0) is 17.7 Å². The number of aromatic nitrogens is 3. The molecule has 1 amide bonds. The van der Waals surface area contributed by atoms with Gasteiger partial charge in [-0.15, -0.1) is 0 Å². The van der Waals surface area contributed by atoms with Crippen LogP contribution in [0.15, 0.2) is 17.1 Å². The number of carbonyl (C=O) groups excluding carboxylic acids is 1. The first-order valence-corrected chi connectivity index (χ1v) is 6.53. The van der Waals surface area contributed by atoms with E-state index in [0.29, 0.717) is 24.4 Å². The number of hydrogen-bond donors (Lipinski definition) is 2. The summed E-state index contributed by atoms with van der Waals surface area (Å²) in [6, 6.07) is 0. The van der Waals surface area contributed by atoms with Crippen LogP contribution in [-0.4, -0.2) is 27.2 Å². The van der Waals surface area contributed by atoms with E-state index in [1.54, 1.807) is 0 Å². The maximum atomic E-state index is 12.2. The van der Waals surface area contributed by atoms with Crippen molar-refractivity contribution in [1.82, 2.24) is 20.5 Å². The molecule has 0 fully saturated rings. The first kappa shape index (κ1) is 12.9. The van der Waals surface area contributed by atoms with Crippen molar-refractivity contribution in [2.24, 2.45) is 0 Å². The Kier molecular flexibility index (Phi) is 3.27. The lowest BCUT2D eigenvalue weighted by Crippen LogP contribution is -2.27. The number of nitrogens with zero attached hydrogens (tertiary/aromatic N) is 2. The Morgan fingerprint density at radius 1 is 1.55 bits per heavy atom. The number of ether oxygens (including phenoxy) is 1. The van der Waals surface area contributed by atoms with Gasteiger partial charge in [-0.1, -0.05) is 0 Å². The summed E-state index contributed by atoms with van der Waals surface area (Å²) in [6.07, 6.45) is 3.52. The van der Waals surface area contributed by atoms with Crippen molar-refractivity contribution < 1.29 is 13.9 Å². The topological polar surface area (TPSA) is 93.0 Å². The van der Waals surface area contributed by atoms with Gasteiger partial charge >= 0.3 is 0 Å². The van der Waals surface area contributed by atoms with E-state index in [1.807, 2.05) is 13.8 Å². The third-order valence-electron chi connectivity index (χ3n) is 3.36. The van der Waals surface area contributed by atoms with Gasteiger partial charge in [0.15, 0.2) is 12.1 Å². The van der Waals surface area contributed by atoms with Gasteiger partial charge in [-0.05, 0) is 13.8 Å². The molecule has 0 unspecified atom stereocenters. The van der Waals surface area contributed by atoms with Crippen LogP contribution in [0.1, 0.15) is 47.4 Å². The van der Waals surface area contributed by atoms with Crippen molar-refractivity contribution in [3.8, 4) is 0 Å². The molecule has 0 aromatic carbocycles. The number of H-pyrrole nitrogens is 1. The predicted molar refractivity (Wildman–Crippen MR) is 68.9 cm³/mol. The van der Waals surface area contributed by atoms with Crippen molar-refractivity contribution in [2.45, 2.75) is 39.0 Å². The van der Waals surface area contributed by atoms with Crippen LogP contribution < -0.4 is 5.32 Å². The molecule has 1 aliphatic heterocycles. The molecular formula is C13H16N4O3. The number of carbonyl (C=O) groups is 1. The van der Waals surface area contributed by atoms with Crippen LogP contribution in [0.5, 0.6) is 0 Å². The molecule has 2 atom stereocenters. The molecule has 0 bridgehead atoms. The third-order valence-corrected chi connectivity index (χ3v) is 3.36. The molecule has 2 N–H and O–H groups in total. The van der Waals surface area contributed by atoms with Gasteiger partial charge in [0.05, 0.1) is 30.1 Å². The monoisotopic (exact) mass is 276 g/mol. The van der Waals surface area contributed by atoms with Crippen LogP contribution in [0.4, 0.5) is 0 Å². The average Bonchev–Trinajstić information content (AvgIpc) is 3.04. The minimum absolute atomic E-state index is 0.0710. The lowest BCUT2D eigenvalue weighted by molar-refractivity contribution is -0.00697. The van der Waals surface area contributed by atoms with Crippen LogP contribution in [0.2, 0.25) is 0 Å². The van der Waals surface area contributed by atoms with E-state index in [1.165, 1.54) is 12.7 Å². The van der Waals surface area contributed by atoms with Gasteiger partial charge in [-0.2, -0.15) is 5.10 Å². The molecule has 0 aliphatic carbocycles. The predicted octanol–water partition coefficient (Wildman–Crippen LogP) is 1.35. The molecule has 2 aromatic heterocycles. The Bertz CT molecular complexity index is 605. The first-order valence-electron chi connectivity index (χ1n) is 6.53. The molecule has 20 heavy (non-hydrogen) atoms. The number of amides is 1. The van der Waals surface area contributed by atoms with Crippen LogP contribution in [0.25, 0.3) is 0 Å². The molecular weight excluding hydrogens is 260 g/mol. The molecule has 0 spiro atoms. The highest BCUT2D eigenvalue weighted by Gasteiger charge is 2.29. The number of nitrogens with one attached hydrogen (secondary N) is 2. The SMILES string of the molecule is C[C@@H]1Cc2c(C(=O)NCc3cocn3)n[nH]c2[C@H](C)O1. The number of hydrogen-bond acceptors (Lipinski definition) is 5. The van der Waals surface area contributed by atoms with Gasteiger partial charge in [-0.3, -0.25) is 9.89 Å². The fourth-order valence-corrected chi connectivity index (χ4v) is 2.44. The summed E-state index contributed by atoms with van der Waals surface area (Å²) in [5, 5.41) is 9.80. The lowest BCUT2D eigenvalue weighted by Gasteiger charge is -2.25. The van der Waals surface area contributed by atoms with Crippen molar-refractivity contribution in [3.05, 3.63) is 35.3 Å². The summed E-state index contributed by atoms with van der Waals surface area (Å²) in [5.41, 5.74) is 2.93. The largest absolute Gasteiger partial charge is 0.451 e. The van der Waals surface area contributed by atoms with E-state index >= 15 is 0 Å². The summed E-state index contributed by atoms with van der Waals surface area (Å²) >= 11 is 0. The zero-order chi connectivity index (χ0) is 14.1. The molecule has 7 nitrogen and oxygen atoms in total. The number of aromatic amines is 1. The van der Waals surface area contributed by atoms with Gasteiger partial charge in [0.1, 0.15) is 6.26 Å². The van der Waals surface area contributed by atoms with Gasteiger partial charge in [0.2, 0.25) is 0 Å². The molecule has 1 aliphatic rings. The molecule has 0 saturated heterocycles. The second kappa shape index (κ2) is 5.09. The minimum Gasteiger partial charge on any atom is -0.451 e. The summed E-state index contributed by atoms with van der Waals surface area (Å²) in [4.78, 5) is 16.1. The lowest BCUT2D eigenvalue weighted by atomic mass is 9.99. The second-order valence-electron chi connectivity index (χ2n) is 4.92. The smallest absolute Gasteiger partial charge is 0.272 e. The number of oxazole rings is 1. The van der Waals surface area contributed by atoms with Crippen molar-refractivity contribution in [1.29, 1.82) is 0 Å². The van der Waals surface area contributed by atoms with E-state index in [2.05, 4.69) is 20.5 Å². The molecule has 0 radical (unpaired) electrons. The molecule has 0 saturated carbocycles.